The highest BCUT2D eigenvalue weighted by atomic mass is 16.4. The maximum atomic E-state index is 11.8. The Morgan fingerprint density at radius 1 is 1.33 bits per heavy atom. The molecule has 0 radical (unpaired) electrons. The van der Waals surface area contributed by atoms with Gasteiger partial charge in [-0.1, -0.05) is 20.8 Å². The normalized spacial score (nSPS) is 33.7. The molecule has 2 aliphatic heterocycles. The van der Waals surface area contributed by atoms with Crippen LogP contribution in [0.3, 0.4) is 0 Å². The van der Waals surface area contributed by atoms with Crippen LogP contribution in [-0.4, -0.2) is 40.8 Å². The maximum Gasteiger partial charge on any atom is 0.408 e. The predicted octanol–water partition coefficient (Wildman–Crippen LogP) is 2.69. The summed E-state index contributed by atoms with van der Waals surface area (Å²) in [5.74, 6) is 0. The zero-order chi connectivity index (χ0) is 13.4. The number of rotatable bonds is 0. The van der Waals surface area contributed by atoms with Crippen molar-refractivity contribution >= 4 is 6.09 Å². The molecule has 1 amide bonds. The lowest BCUT2D eigenvalue weighted by atomic mass is 9.72. The third-order valence-corrected chi connectivity index (χ3v) is 4.60. The fourth-order valence-corrected chi connectivity index (χ4v) is 3.73. The molecular formula is C14H26N2O2. The maximum absolute atomic E-state index is 11.8. The lowest BCUT2D eigenvalue weighted by molar-refractivity contribution is -0.0384. The second-order valence-corrected chi connectivity index (χ2v) is 6.93. The van der Waals surface area contributed by atoms with Crippen molar-refractivity contribution in [2.75, 3.05) is 13.1 Å². The van der Waals surface area contributed by atoms with Gasteiger partial charge in [0, 0.05) is 12.6 Å². The van der Waals surface area contributed by atoms with Crippen LogP contribution in [0.2, 0.25) is 0 Å². The molecule has 2 fully saturated rings. The smallest absolute Gasteiger partial charge is 0.408 e. The third-order valence-electron chi connectivity index (χ3n) is 4.60. The van der Waals surface area contributed by atoms with Gasteiger partial charge in [-0.3, -0.25) is 4.90 Å². The number of carbonyl (C=O) groups is 1. The van der Waals surface area contributed by atoms with Gasteiger partial charge >= 0.3 is 6.09 Å². The van der Waals surface area contributed by atoms with Crippen molar-refractivity contribution in [3.63, 3.8) is 0 Å². The number of hydrogen-bond acceptors (Lipinski definition) is 2. The van der Waals surface area contributed by atoms with Crippen LogP contribution >= 0.6 is 0 Å². The molecule has 0 aromatic rings. The average molecular weight is 254 g/mol. The Morgan fingerprint density at radius 3 is 2.50 bits per heavy atom. The molecule has 0 aromatic carbocycles. The fraction of sp³-hybridized carbons (Fsp3) is 0.929. The molecule has 2 aliphatic rings. The van der Waals surface area contributed by atoms with E-state index in [1.807, 2.05) is 0 Å². The number of nitrogens with one attached hydrogen (secondary N) is 1. The molecule has 18 heavy (non-hydrogen) atoms. The van der Waals surface area contributed by atoms with Gasteiger partial charge in [0.2, 0.25) is 0 Å². The first-order valence-electron chi connectivity index (χ1n) is 7.10. The van der Waals surface area contributed by atoms with Crippen LogP contribution < -0.4 is 5.32 Å². The van der Waals surface area contributed by atoms with Crippen LogP contribution in [-0.2, 0) is 0 Å². The van der Waals surface area contributed by atoms with Crippen molar-refractivity contribution in [1.29, 1.82) is 0 Å². The zero-order valence-electron chi connectivity index (χ0n) is 11.8. The van der Waals surface area contributed by atoms with E-state index in [0.717, 1.165) is 45.2 Å². The standard InChI is InChI=1S/C14H26N2O2/c1-13(2,3)11-6-4-7-14(16(11)12(17)18)8-5-9-15-10-14/h11,15H,4-10H2,1-3H3,(H,17,18). The Kier molecular flexibility index (Phi) is 3.58. The van der Waals surface area contributed by atoms with Gasteiger partial charge in [-0.15, -0.1) is 0 Å². The van der Waals surface area contributed by atoms with Crippen molar-refractivity contribution in [3.05, 3.63) is 0 Å². The molecule has 0 aromatic heterocycles. The summed E-state index contributed by atoms with van der Waals surface area (Å²) >= 11 is 0. The van der Waals surface area contributed by atoms with E-state index >= 15 is 0 Å². The van der Waals surface area contributed by atoms with Crippen molar-refractivity contribution in [1.82, 2.24) is 10.2 Å². The fourth-order valence-electron chi connectivity index (χ4n) is 3.73. The van der Waals surface area contributed by atoms with Crippen LogP contribution in [0.25, 0.3) is 0 Å². The molecule has 1 spiro atoms. The van der Waals surface area contributed by atoms with Crippen molar-refractivity contribution in [2.24, 2.45) is 5.41 Å². The van der Waals surface area contributed by atoms with Crippen LogP contribution in [0.1, 0.15) is 52.9 Å². The van der Waals surface area contributed by atoms with E-state index < -0.39 is 6.09 Å². The summed E-state index contributed by atoms with van der Waals surface area (Å²) in [6, 6.07) is 0.142. The quantitative estimate of drug-likeness (QED) is 0.699. The van der Waals surface area contributed by atoms with Crippen LogP contribution in [0, 0.1) is 5.41 Å². The number of likely N-dealkylation sites (tertiary alicyclic amines) is 1. The topological polar surface area (TPSA) is 52.6 Å². The van der Waals surface area contributed by atoms with E-state index in [0.29, 0.717) is 0 Å². The molecule has 4 nitrogen and oxygen atoms in total. The highest BCUT2D eigenvalue weighted by Crippen LogP contribution is 2.42. The Morgan fingerprint density at radius 2 is 2.00 bits per heavy atom. The van der Waals surface area contributed by atoms with Gasteiger partial charge in [-0.2, -0.15) is 0 Å². The second-order valence-electron chi connectivity index (χ2n) is 6.93. The first-order chi connectivity index (χ1) is 8.37. The molecule has 2 unspecified atom stereocenters. The summed E-state index contributed by atoms with van der Waals surface area (Å²) in [6.45, 7) is 8.32. The first-order valence-corrected chi connectivity index (χ1v) is 7.10. The highest BCUT2D eigenvalue weighted by molar-refractivity contribution is 5.67. The first kappa shape index (κ1) is 13.7. The number of carboxylic acid groups (broad SMARTS) is 1. The molecule has 2 N–H and O–H groups in total. The Labute approximate surface area is 110 Å². The second kappa shape index (κ2) is 4.72. The van der Waals surface area contributed by atoms with Gasteiger partial charge in [0.1, 0.15) is 0 Å². The molecule has 0 saturated carbocycles. The van der Waals surface area contributed by atoms with E-state index in [2.05, 4.69) is 26.1 Å². The van der Waals surface area contributed by atoms with Crippen molar-refractivity contribution in [2.45, 2.75) is 64.5 Å². The lowest BCUT2D eigenvalue weighted by Gasteiger charge is -2.55. The van der Waals surface area contributed by atoms with Crippen LogP contribution in [0.4, 0.5) is 4.79 Å². The molecule has 4 heteroatoms. The predicted molar refractivity (Wildman–Crippen MR) is 71.8 cm³/mol. The van der Waals surface area contributed by atoms with Gasteiger partial charge < -0.3 is 10.4 Å². The summed E-state index contributed by atoms with van der Waals surface area (Å²) in [4.78, 5) is 13.6. The molecule has 0 aliphatic carbocycles. The van der Waals surface area contributed by atoms with E-state index in [-0.39, 0.29) is 17.0 Å². The SMILES string of the molecule is CC(C)(C)C1CCCC2(CCCNC2)N1C(=O)O. The summed E-state index contributed by atoms with van der Waals surface area (Å²) in [7, 11) is 0. The number of hydrogen-bond donors (Lipinski definition) is 2. The van der Waals surface area contributed by atoms with E-state index in [4.69, 9.17) is 0 Å². The van der Waals surface area contributed by atoms with Gasteiger partial charge in [-0.05, 0) is 44.1 Å². The van der Waals surface area contributed by atoms with E-state index in [1.54, 1.807) is 4.90 Å². The molecule has 2 atom stereocenters. The summed E-state index contributed by atoms with van der Waals surface area (Å²) in [5.41, 5.74) is -0.135. The third kappa shape index (κ3) is 2.35. The van der Waals surface area contributed by atoms with Gasteiger partial charge in [-0.25, -0.2) is 4.79 Å². The Balaban J connectivity index is 2.31. The van der Waals surface area contributed by atoms with Gasteiger partial charge in [0.25, 0.3) is 0 Å². The zero-order valence-corrected chi connectivity index (χ0v) is 11.8. The van der Waals surface area contributed by atoms with Gasteiger partial charge in [0.05, 0.1) is 5.54 Å². The molecule has 2 rings (SSSR count). The largest absolute Gasteiger partial charge is 0.465 e. The summed E-state index contributed by atoms with van der Waals surface area (Å²) < 4.78 is 0. The van der Waals surface area contributed by atoms with Crippen LogP contribution in [0.15, 0.2) is 0 Å². The monoisotopic (exact) mass is 254 g/mol. The summed E-state index contributed by atoms with van der Waals surface area (Å²) in [6.07, 6.45) is 4.52. The summed E-state index contributed by atoms with van der Waals surface area (Å²) in [5, 5.41) is 13.1. The average Bonchev–Trinajstić information content (AvgIpc) is 2.28. The number of piperidine rings is 2. The van der Waals surface area contributed by atoms with Crippen molar-refractivity contribution in [3.8, 4) is 0 Å². The number of nitrogens with zero attached hydrogens (tertiary/aromatic N) is 1. The molecule has 104 valence electrons. The highest BCUT2D eigenvalue weighted by Gasteiger charge is 2.49. The lowest BCUT2D eigenvalue weighted by Crippen LogP contribution is -2.66. The van der Waals surface area contributed by atoms with E-state index in [1.165, 1.54) is 0 Å². The molecule has 0 bridgehead atoms. The molecular weight excluding hydrogens is 228 g/mol. The minimum atomic E-state index is -0.738. The van der Waals surface area contributed by atoms with Gasteiger partial charge in [0.15, 0.2) is 0 Å². The Hall–Kier alpha value is -0.770. The van der Waals surface area contributed by atoms with E-state index in [9.17, 15) is 9.90 Å². The van der Waals surface area contributed by atoms with Crippen molar-refractivity contribution < 1.29 is 9.90 Å². The minimum Gasteiger partial charge on any atom is -0.465 e. The number of amides is 1. The minimum absolute atomic E-state index is 0.0171. The van der Waals surface area contributed by atoms with Crippen LogP contribution in [0.5, 0.6) is 0 Å². The Bertz CT molecular complexity index is 311. The molecule has 2 heterocycles. The molecule has 2 saturated heterocycles.